The van der Waals surface area contributed by atoms with Crippen molar-refractivity contribution in [2.75, 3.05) is 21.2 Å². The molecule has 0 aromatic heterocycles. The molecule has 0 spiro atoms. The molecule has 1 unspecified atom stereocenters. The molecule has 0 fully saturated rings. The van der Waals surface area contributed by atoms with Crippen molar-refractivity contribution in [3.05, 3.63) is 59.9 Å². The van der Waals surface area contributed by atoms with E-state index in [1.807, 2.05) is 53.7 Å². The van der Waals surface area contributed by atoms with Gasteiger partial charge in [0.1, 0.15) is 0 Å². The van der Waals surface area contributed by atoms with E-state index in [1.165, 1.54) is 12.0 Å². The molecule has 1 aromatic rings. The fourth-order valence-corrected chi connectivity index (χ4v) is 2.96. The van der Waals surface area contributed by atoms with Crippen molar-refractivity contribution in [1.29, 1.82) is 0 Å². The molecule has 0 bridgehead atoms. The highest BCUT2D eigenvalue weighted by Crippen LogP contribution is 2.38. The molecule has 1 aromatic carbocycles. The third kappa shape index (κ3) is 4.10. The fraction of sp³-hybridized carbons (Fsp3) is 0.400. The van der Waals surface area contributed by atoms with Crippen LogP contribution in [0.2, 0.25) is 0 Å². The number of ether oxygens (including phenoxy) is 1. The van der Waals surface area contributed by atoms with E-state index in [-0.39, 0.29) is 17.8 Å². The lowest BCUT2D eigenvalue weighted by atomic mass is 9.73. The second-order valence-electron chi connectivity index (χ2n) is 6.97. The molecule has 0 N–H and O–H groups in total. The number of amides is 1. The zero-order chi connectivity index (χ0) is 18.6. The summed E-state index contributed by atoms with van der Waals surface area (Å²) in [5.74, 6) is -0.789. The van der Waals surface area contributed by atoms with Crippen LogP contribution in [0.4, 0.5) is 0 Å². The minimum Gasteiger partial charge on any atom is -0.469 e. The van der Waals surface area contributed by atoms with Gasteiger partial charge in [0.05, 0.1) is 12.5 Å². The Morgan fingerprint density at radius 3 is 2.40 bits per heavy atom. The molecule has 25 heavy (non-hydrogen) atoms. The highest BCUT2D eigenvalue weighted by molar-refractivity contribution is 5.95. The number of methoxy groups -OCH3 is 1. The summed E-state index contributed by atoms with van der Waals surface area (Å²) >= 11 is 0. The highest BCUT2D eigenvalue weighted by Gasteiger charge is 2.42. The molecular formula is C20H26N2O3. The number of esters is 1. The molecule has 134 valence electrons. The summed E-state index contributed by atoms with van der Waals surface area (Å²) in [6.07, 6.45) is 5.68. The van der Waals surface area contributed by atoms with Crippen LogP contribution in [0, 0.1) is 11.3 Å². The van der Waals surface area contributed by atoms with Crippen molar-refractivity contribution in [1.82, 2.24) is 9.80 Å². The highest BCUT2D eigenvalue weighted by atomic mass is 16.5. The maximum absolute atomic E-state index is 12.7. The van der Waals surface area contributed by atoms with Gasteiger partial charge in [0.2, 0.25) is 0 Å². The molecule has 0 radical (unpaired) electrons. The van der Waals surface area contributed by atoms with Crippen molar-refractivity contribution in [3.63, 3.8) is 0 Å². The molecule has 5 heteroatoms. The monoisotopic (exact) mass is 342 g/mol. The van der Waals surface area contributed by atoms with Crippen LogP contribution in [0.3, 0.4) is 0 Å². The number of allylic oxidation sites excluding steroid dienone is 1. The second kappa shape index (κ2) is 7.55. The average Bonchev–Trinajstić information content (AvgIpc) is 2.60. The molecule has 2 rings (SSSR count). The van der Waals surface area contributed by atoms with Gasteiger partial charge in [-0.1, -0.05) is 36.4 Å². The van der Waals surface area contributed by atoms with Crippen LogP contribution in [0.1, 0.15) is 19.4 Å². The van der Waals surface area contributed by atoms with Crippen molar-refractivity contribution in [2.45, 2.75) is 20.4 Å². The van der Waals surface area contributed by atoms with Gasteiger partial charge in [-0.2, -0.15) is 0 Å². The summed E-state index contributed by atoms with van der Waals surface area (Å²) in [4.78, 5) is 28.4. The molecular weight excluding hydrogens is 316 g/mol. The molecule has 1 heterocycles. The first-order valence-electron chi connectivity index (χ1n) is 8.27. The van der Waals surface area contributed by atoms with Crippen molar-refractivity contribution in [2.24, 2.45) is 11.3 Å². The third-order valence-corrected chi connectivity index (χ3v) is 4.46. The number of benzene rings is 1. The molecule has 0 saturated carbocycles. The molecule has 0 aliphatic carbocycles. The van der Waals surface area contributed by atoms with Gasteiger partial charge in [0.15, 0.2) is 0 Å². The number of likely N-dealkylation sites (N-methyl/N-ethyl adjacent to an activating group) is 1. The van der Waals surface area contributed by atoms with Gasteiger partial charge >= 0.3 is 5.97 Å². The van der Waals surface area contributed by atoms with Crippen LogP contribution in [0.15, 0.2) is 54.4 Å². The van der Waals surface area contributed by atoms with E-state index in [9.17, 15) is 9.59 Å². The molecule has 1 aliphatic heterocycles. The van der Waals surface area contributed by atoms with Gasteiger partial charge in [0.25, 0.3) is 5.91 Å². The Morgan fingerprint density at radius 1 is 1.20 bits per heavy atom. The van der Waals surface area contributed by atoms with Gasteiger partial charge in [-0.05, 0) is 19.4 Å². The van der Waals surface area contributed by atoms with Crippen LogP contribution < -0.4 is 0 Å². The van der Waals surface area contributed by atoms with E-state index in [0.29, 0.717) is 12.1 Å². The average molecular weight is 342 g/mol. The van der Waals surface area contributed by atoms with Gasteiger partial charge in [-0.15, -0.1) is 0 Å². The number of rotatable bonds is 5. The van der Waals surface area contributed by atoms with Crippen LogP contribution in [-0.4, -0.2) is 42.9 Å². The normalized spacial score (nSPS) is 17.1. The lowest BCUT2D eigenvalue weighted by Crippen LogP contribution is -2.40. The topological polar surface area (TPSA) is 49.9 Å². The largest absolute Gasteiger partial charge is 0.469 e. The number of hydrogen-bond donors (Lipinski definition) is 0. The first kappa shape index (κ1) is 18.8. The Balaban J connectivity index is 2.34. The molecule has 0 saturated heterocycles. The van der Waals surface area contributed by atoms with Crippen LogP contribution in [0.5, 0.6) is 0 Å². The summed E-state index contributed by atoms with van der Waals surface area (Å²) in [6.45, 7) is 4.27. The summed E-state index contributed by atoms with van der Waals surface area (Å²) in [5.41, 5.74) is 0.895. The maximum Gasteiger partial charge on any atom is 0.312 e. The third-order valence-electron chi connectivity index (χ3n) is 4.46. The van der Waals surface area contributed by atoms with Gasteiger partial charge < -0.3 is 14.5 Å². The SMILES string of the molecule is COC(=O)C(C)(C)C1C=CN(Cc2ccccc2)C=C1C(=O)N(C)C. The molecule has 5 nitrogen and oxygen atoms in total. The first-order chi connectivity index (χ1) is 11.8. The first-order valence-corrected chi connectivity index (χ1v) is 8.27. The van der Waals surface area contributed by atoms with E-state index in [0.717, 1.165) is 5.56 Å². The summed E-state index contributed by atoms with van der Waals surface area (Å²) in [7, 11) is 4.80. The standard InChI is InChI=1S/C20H26N2O3/c1-20(2,19(24)25-5)17-11-12-22(13-15-9-7-6-8-10-15)14-16(17)18(23)21(3)4/h6-12,14,17H,13H2,1-5H3. The lowest BCUT2D eigenvalue weighted by Gasteiger charge is -2.35. The summed E-state index contributed by atoms with van der Waals surface area (Å²) in [6, 6.07) is 10.0. The fourth-order valence-electron chi connectivity index (χ4n) is 2.96. The Morgan fingerprint density at radius 2 is 1.84 bits per heavy atom. The van der Waals surface area contributed by atoms with Crippen LogP contribution in [0.25, 0.3) is 0 Å². The van der Waals surface area contributed by atoms with E-state index in [1.54, 1.807) is 27.9 Å². The van der Waals surface area contributed by atoms with Gasteiger partial charge in [-0.3, -0.25) is 9.59 Å². The lowest BCUT2D eigenvalue weighted by molar-refractivity contribution is -0.152. The van der Waals surface area contributed by atoms with Crippen molar-refractivity contribution >= 4 is 11.9 Å². The van der Waals surface area contributed by atoms with Crippen molar-refractivity contribution in [3.8, 4) is 0 Å². The van der Waals surface area contributed by atoms with E-state index < -0.39 is 5.41 Å². The van der Waals surface area contributed by atoms with Crippen molar-refractivity contribution < 1.29 is 14.3 Å². The minimum absolute atomic E-state index is 0.107. The Bertz CT molecular complexity index is 690. The van der Waals surface area contributed by atoms with Gasteiger partial charge in [-0.25, -0.2) is 0 Å². The molecule has 1 amide bonds. The second-order valence-corrected chi connectivity index (χ2v) is 6.97. The van der Waals surface area contributed by atoms with Crippen LogP contribution in [-0.2, 0) is 20.9 Å². The zero-order valence-electron chi connectivity index (χ0n) is 15.5. The van der Waals surface area contributed by atoms with E-state index in [4.69, 9.17) is 4.74 Å². The number of nitrogens with zero attached hydrogens (tertiary/aromatic N) is 2. The molecule has 1 aliphatic rings. The predicted molar refractivity (Wildman–Crippen MR) is 97.2 cm³/mol. The minimum atomic E-state index is -0.832. The molecule has 1 atom stereocenters. The Labute approximate surface area is 149 Å². The zero-order valence-corrected chi connectivity index (χ0v) is 15.5. The smallest absolute Gasteiger partial charge is 0.312 e. The van der Waals surface area contributed by atoms with Crippen LogP contribution >= 0.6 is 0 Å². The Hall–Kier alpha value is -2.56. The number of hydrogen-bond acceptors (Lipinski definition) is 4. The summed E-state index contributed by atoms with van der Waals surface area (Å²) in [5, 5.41) is 0. The quantitative estimate of drug-likeness (QED) is 0.772. The number of carbonyl (C=O) groups is 2. The van der Waals surface area contributed by atoms with Gasteiger partial charge in [0, 0.05) is 44.5 Å². The number of carbonyl (C=O) groups excluding carboxylic acids is 2. The van der Waals surface area contributed by atoms with E-state index >= 15 is 0 Å². The predicted octanol–water partition coefficient (Wildman–Crippen LogP) is 2.80. The summed E-state index contributed by atoms with van der Waals surface area (Å²) < 4.78 is 4.94. The Kier molecular flexibility index (Phi) is 5.67. The van der Waals surface area contributed by atoms with E-state index in [2.05, 4.69) is 0 Å². The maximum atomic E-state index is 12.7.